The van der Waals surface area contributed by atoms with Crippen LogP contribution in [0.15, 0.2) is 0 Å². The first-order chi connectivity index (χ1) is 7.66. The van der Waals surface area contributed by atoms with Crippen LogP contribution in [-0.4, -0.2) is 39.3 Å². The molecule has 0 aromatic carbocycles. The first kappa shape index (κ1) is 17.8. The van der Waals surface area contributed by atoms with E-state index in [4.69, 9.17) is 21.1 Å². The van der Waals surface area contributed by atoms with E-state index in [0.29, 0.717) is 12.3 Å². The fraction of sp³-hybridized carbons (Fsp3) is 0.700. The van der Waals surface area contributed by atoms with E-state index in [9.17, 15) is 14.4 Å². The van der Waals surface area contributed by atoms with Gasteiger partial charge < -0.3 is 21.1 Å². The molecule has 17 heavy (non-hydrogen) atoms. The molecule has 0 aliphatic carbocycles. The van der Waals surface area contributed by atoms with E-state index in [0.717, 1.165) is 0 Å². The number of rotatable bonds is 6. The molecule has 0 aromatic rings. The molecule has 7 nitrogen and oxygen atoms in total. The molecule has 7 heteroatoms. The Hall–Kier alpha value is -1.63. The van der Waals surface area contributed by atoms with Crippen LogP contribution in [0.2, 0.25) is 0 Å². The van der Waals surface area contributed by atoms with Gasteiger partial charge in [0.15, 0.2) is 0 Å². The van der Waals surface area contributed by atoms with Gasteiger partial charge in [-0.3, -0.25) is 14.4 Å². The van der Waals surface area contributed by atoms with E-state index < -0.39 is 23.9 Å². The van der Waals surface area contributed by atoms with Crippen LogP contribution in [0, 0.1) is 5.92 Å². The number of nitrogens with two attached hydrogens (primary N) is 1. The van der Waals surface area contributed by atoms with E-state index in [1.807, 2.05) is 13.8 Å². The van der Waals surface area contributed by atoms with Gasteiger partial charge in [0.1, 0.15) is 6.04 Å². The Morgan fingerprint density at radius 2 is 1.35 bits per heavy atom. The SMILES string of the molecule is CC(C)CC(N)C(=O)O.O=C(O)CCC(=O)O. The molecular formula is C10H19NO6. The van der Waals surface area contributed by atoms with Crippen LogP contribution < -0.4 is 5.73 Å². The minimum atomic E-state index is -1.08. The van der Waals surface area contributed by atoms with Gasteiger partial charge in [-0.2, -0.15) is 0 Å². The highest BCUT2D eigenvalue weighted by Gasteiger charge is 2.11. The number of carboxylic acids is 3. The smallest absolute Gasteiger partial charge is 0.320 e. The van der Waals surface area contributed by atoms with Crippen molar-refractivity contribution >= 4 is 17.9 Å². The molecule has 1 atom stereocenters. The third-order valence-corrected chi connectivity index (χ3v) is 1.60. The predicted octanol–water partition coefficient (Wildman–Crippen LogP) is 0.380. The van der Waals surface area contributed by atoms with Crippen molar-refractivity contribution in [3.63, 3.8) is 0 Å². The average Bonchev–Trinajstić information content (AvgIpc) is 2.14. The van der Waals surface area contributed by atoms with Gasteiger partial charge in [0.2, 0.25) is 0 Å². The summed E-state index contributed by atoms with van der Waals surface area (Å²) in [6.45, 7) is 3.89. The van der Waals surface area contributed by atoms with Crippen molar-refractivity contribution in [3.8, 4) is 0 Å². The van der Waals surface area contributed by atoms with Crippen molar-refractivity contribution in [1.29, 1.82) is 0 Å². The van der Waals surface area contributed by atoms with Crippen molar-refractivity contribution < 1.29 is 29.7 Å². The fourth-order valence-corrected chi connectivity index (χ4v) is 0.823. The Labute approximate surface area is 99.2 Å². The molecule has 0 aliphatic rings. The molecule has 0 aromatic heterocycles. The summed E-state index contributed by atoms with van der Waals surface area (Å²) in [5, 5.41) is 24.1. The van der Waals surface area contributed by atoms with Crippen LogP contribution >= 0.6 is 0 Å². The molecule has 0 saturated heterocycles. The maximum Gasteiger partial charge on any atom is 0.320 e. The highest BCUT2D eigenvalue weighted by atomic mass is 16.4. The summed E-state index contributed by atoms with van der Waals surface area (Å²) in [5.41, 5.74) is 5.22. The van der Waals surface area contributed by atoms with E-state index >= 15 is 0 Å². The van der Waals surface area contributed by atoms with E-state index in [-0.39, 0.29) is 12.8 Å². The summed E-state index contributed by atoms with van der Waals surface area (Å²) in [4.78, 5) is 29.4. The Morgan fingerprint density at radius 1 is 1.00 bits per heavy atom. The maximum atomic E-state index is 10.1. The topological polar surface area (TPSA) is 138 Å². The quantitative estimate of drug-likeness (QED) is 0.533. The minimum absolute atomic E-state index is 0.296. The lowest BCUT2D eigenvalue weighted by molar-refractivity contribution is -0.143. The molecule has 0 rings (SSSR count). The molecule has 0 radical (unpaired) electrons. The van der Waals surface area contributed by atoms with Crippen LogP contribution in [0.5, 0.6) is 0 Å². The Balaban J connectivity index is 0. The van der Waals surface area contributed by atoms with Crippen molar-refractivity contribution in [3.05, 3.63) is 0 Å². The van der Waals surface area contributed by atoms with Crippen LogP contribution in [-0.2, 0) is 14.4 Å². The Morgan fingerprint density at radius 3 is 1.47 bits per heavy atom. The van der Waals surface area contributed by atoms with Crippen molar-refractivity contribution in [2.75, 3.05) is 0 Å². The van der Waals surface area contributed by atoms with Gasteiger partial charge in [0.25, 0.3) is 0 Å². The molecule has 0 amide bonds. The minimum Gasteiger partial charge on any atom is -0.481 e. The van der Waals surface area contributed by atoms with Gasteiger partial charge in [-0.05, 0) is 12.3 Å². The molecule has 0 bridgehead atoms. The number of carboxylic acid groups (broad SMARTS) is 3. The van der Waals surface area contributed by atoms with Crippen molar-refractivity contribution in [2.45, 2.75) is 39.2 Å². The normalized spacial score (nSPS) is 11.3. The fourth-order valence-electron chi connectivity index (χ4n) is 0.823. The number of aliphatic carboxylic acids is 3. The summed E-state index contributed by atoms with van der Waals surface area (Å²) in [5.74, 6) is -2.71. The number of hydrogen-bond acceptors (Lipinski definition) is 4. The molecule has 0 saturated carbocycles. The highest BCUT2D eigenvalue weighted by molar-refractivity contribution is 5.75. The van der Waals surface area contributed by atoms with E-state index in [1.165, 1.54) is 0 Å². The molecule has 100 valence electrons. The monoisotopic (exact) mass is 249 g/mol. The summed E-state index contributed by atoms with van der Waals surface area (Å²) in [6, 6.07) is -0.690. The summed E-state index contributed by atoms with van der Waals surface area (Å²) < 4.78 is 0. The molecule has 1 unspecified atom stereocenters. The lowest BCUT2D eigenvalue weighted by Gasteiger charge is -2.07. The average molecular weight is 249 g/mol. The molecule has 0 spiro atoms. The zero-order chi connectivity index (χ0) is 14.0. The number of hydrogen-bond donors (Lipinski definition) is 4. The zero-order valence-corrected chi connectivity index (χ0v) is 9.92. The van der Waals surface area contributed by atoms with Crippen molar-refractivity contribution in [1.82, 2.24) is 0 Å². The number of carbonyl (C=O) groups is 3. The van der Waals surface area contributed by atoms with Crippen LogP contribution in [0.4, 0.5) is 0 Å². The Kier molecular flexibility index (Phi) is 10.0. The van der Waals surface area contributed by atoms with Crippen LogP contribution in [0.1, 0.15) is 33.1 Å². The summed E-state index contributed by atoms with van der Waals surface area (Å²) >= 11 is 0. The Bertz CT molecular complexity index is 250. The molecular weight excluding hydrogens is 230 g/mol. The molecule has 5 N–H and O–H groups in total. The molecule has 0 fully saturated rings. The second kappa shape index (κ2) is 9.59. The third kappa shape index (κ3) is 17.0. The summed E-state index contributed by atoms with van der Waals surface area (Å²) in [7, 11) is 0. The van der Waals surface area contributed by atoms with Gasteiger partial charge in [-0.1, -0.05) is 13.8 Å². The van der Waals surface area contributed by atoms with Gasteiger partial charge >= 0.3 is 17.9 Å². The lowest BCUT2D eigenvalue weighted by atomic mass is 10.1. The van der Waals surface area contributed by atoms with E-state index in [1.54, 1.807) is 0 Å². The van der Waals surface area contributed by atoms with Crippen LogP contribution in [0.3, 0.4) is 0 Å². The van der Waals surface area contributed by atoms with Gasteiger partial charge in [-0.15, -0.1) is 0 Å². The van der Waals surface area contributed by atoms with Crippen LogP contribution in [0.25, 0.3) is 0 Å². The largest absolute Gasteiger partial charge is 0.481 e. The lowest BCUT2D eigenvalue weighted by Crippen LogP contribution is -2.31. The third-order valence-electron chi connectivity index (χ3n) is 1.60. The highest BCUT2D eigenvalue weighted by Crippen LogP contribution is 2.01. The predicted molar refractivity (Wildman–Crippen MR) is 59.6 cm³/mol. The second-order valence-electron chi connectivity index (χ2n) is 3.86. The summed E-state index contributed by atoms with van der Waals surface area (Å²) in [6.07, 6.45) is -0.0417. The van der Waals surface area contributed by atoms with Gasteiger partial charge in [0.05, 0.1) is 12.8 Å². The first-order valence-corrected chi connectivity index (χ1v) is 5.08. The van der Waals surface area contributed by atoms with Gasteiger partial charge in [-0.25, -0.2) is 0 Å². The van der Waals surface area contributed by atoms with E-state index in [2.05, 4.69) is 0 Å². The molecule has 0 heterocycles. The zero-order valence-electron chi connectivity index (χ0n) is 9.92. The maximum absolute atomic E-state index is 10.1. The standard InChI is InChI=1S/C6H13NO2.C4H6O4/c1-4(2)3-5(7)6(8)9;5-3(6)1-2-4(7)8/h4-5H,3,7H2,1-2H3,(H,8,9);1-2H2,(H,5,6)(H,7,8). The molecule has 0 aliphatic heterocycles. The first-order valence-electron chi connectivity index (χ1n) is 5.08. The van der Waals surface area contributed by atoms with Gasteiger partial charge in [0, 0.05) is 0 Å². The van der Waals surface area contributed by atoms with Crippen molar-refractivity contribution in [2.24, 2.45) is 11.7 Å². The second-order valence-corrected chi connectivity index (χ2v) is 3.86.